The molecule has 0 bridgehead atoms. The van der Waals surface area contributed by atoms with Crippen LogP contribution in [-0.2, 0) is 4.79 Å². The van der Waals surface area contributed by atoms with Crippen LogP contribution in [0.3, 0.4) is 0 Å². The molecule has 0 saturated heterocycles. The highest BCUT2D eigenvalue weighted by molar-refractivity contribution is 6.29. The van der Waals surface area contributed by atoms with Crippen LogP contribution in [0.25, 0.3) is 6.08 Å². The lowest BCUT2D eigenvalue weighted by Gasteiger charge is -2.15. The Morgan fingerprint density at radius 2 is 2.22 bits per heavy atom. The number of carboxylic acids is 1. The zero-order valence-corrected chi connectivity index (χ0v) is 10.7. The molecule has 1 aromatic rings. The van der Waals surface area contributed by atoms with Gasteiger partial charge in [-0.1, -0.05) is 24.4 Å². The van der Waals surface area contributed by atoms with Crippen LogP contribution in [0.2, 0.25) is 5.15 Å². The van der Waals surface area contributed by atoms with Gasteiger partial charge in [-0.25, -0.2) is 9.78 Å². The van der Waals surface area contributed by atoms with Crippen LogP contribution in [0.5, 0.6) is 0 Å². The Bertz CT molecular complexity index is 468. The fourth-order valence-electron chi connectivity index (χ4n) is 2.15. The maximum absolute atomic E-state index is 10.5. The van der Waals surface area contributed by atoms with Gasteiger partial charge in [0.05, 0.1) is 0 Å². The lowest BCUT2D eigenvalue weighted by molar-refractivity contribution is -0.131. The van der Waals surface area contributed by atoms with Gasteiger partial charge < -0.3 is 10.4 Å². The van der Waals surface area contributed by atoms with E-state index in [4.69, 9.17) is 16.7 Å². The van der Waals surface area contributed by atoms with E-state index in [1.54, 1.807) is 12.3 Å². The zero-order valence-electron chi connectivity index (χ0n) is 9.90. The second-order valence-electron chi connectivity index (χ2n) is 4.39. The minimum Gasteiger partial charge on any atom is -0.478 e. The second kappa shape index (κ2) is 5.87. The van der Waals surface area contributed by atoms with Crippen molar-refractivity contribution in [3.8, 4) is 0 Å². The summed E-state index contributed by atoms with van der Waals surface area (Å²) < 4.78 is 0. The molecule has 0 amide bonds. The number of aliphatic carboxylic acids is 1. The summed E-state index contributed by atoms with van der Waals surface area (Å²) in [7, 11) is 0. The number of carbonyl (C=O) groups is 1. The summed E-state index contributed by atoms with van der Waals surface area (Å²) in [5.41, 5.74) is 1.59. The predicted molar refractivity (Wildman–Crippen MR) is 71.8 cm³/mol. The summed E-state index contributed by atoms with van der Waals surface area (Å²) >= 11 is 5.87. The van der Waals surface area contributed by atoms with E-state index in [2.05, 4.69) is 10.3 Å². The van der Waals surface area contributed by atoms with E-state index in [0.717, 1.165) is 30.2 Å². The first-order valence-electron chi connectivity index (χ1n) is 5.98. The van der Waals surface area contributed by atoms with Crippen LogP contribution in [-0.4, -0.2) is 22.1 Å². The third-order valence-electron chi connectivity index (χ3n) is 3.02. The van der Waals surface area contributed by atoms with Crippen LogP contribution < -0.4 is 5.32 Å². The first-order chi connectivity index (χ1) is 8.65. The van der Waals surface area contributed by atoms with E-state index in [1.807, 2.05) is 0 Å². The summed E-state index contributed by atoms with van der Waals surface area (Å²) in [6, 6.07) is 2.18. The molecule has 1 saturated carbocycles. The third kappa shape index (κ3) is 3.47. The number of carboxylic acid groups (broad SMARTS) is 1. The molecular weight excluding hydrogens is 252 g/mol. The summed E-state index contributed by atoms with van der Waals surface area (Å²) in [4.78, 5) is 14.5. The molecule has 0 aromatic carbocycles. The quantitative estimate of drug-likeness (QED) is 0.649. The van der Waals surface area contributed by atoms with Gasteiger partial charge in [0.2, 0.25) is 0 Å². The van der Waals surface area contributed by atoms with Crippen molar-refractivity contribution in [2.45, 2.75) is 31.7 Å². The number of hydrogen-bond acceptors (Lipinski definition) is 3. The van der Waals surface area contributed by atoms with E-state index >= 15 is 0 Å². The topological polar surface area (TPSA) is 62.2 Å². The molecule has 0 radical (unpaired) electrons. The fraction of sp³-hybridized carbons (Fsp3) is 0.385. The predicted octanol–water partition coefficient (Wildman–Crippen LogP) is 3.19. The van der Waals surface area contributed by atoms with Gasteiger partial charge in [0.25, 0.3) is 0 Å². The Kier molecular flexibility index (Phi) is 4.20. The third-order valence-corrected chi connectivity index (χ3v) is 3.23. The molecule has 96 valence electrons. The fourth-order valence-corrected chi connectivity index (χ4v) is 2.31. The number of anilines is 1. The Morgan fingerprint density at radius 1 is 1.50 bits per heavy atom. The highest BCUT2D eigenvalue weighted by atomic mass is 35.5. The highest BCUT2D eigenvalue weighted by Crippen LogP contribution is 2.26. The summed E-state index contributed by atoms with van der Waals surface area (Å²) in [5.74, 6) is -0.975. The molecule has 2 rings (SSSR count). The number of rotatable bonds is 4. The van der Waals surface area contributed by atoms with E-state index in [0.29, 0.717) is 11.2 Å². The number of nitrogens with zero attached hydrogens (tertiary/aromatic N) is 1. The molecule has 0 aliphatic heterocycles. The number of hydrogen-bond donors (Lipinski definition) is 2. The molecule has 2 N–H and O–H groups in total. The zero-order chi connectivity index (χ0) is 13.0. The maximum Gasteiger partial charge on any atom is 0.328 e. The lowest BCUT2D eigenvalue weighted by Crippen LogP contribution is -2.15. The SMILES string of the molecule is O=C(O)/C=C/c1cnc(Cl)cc1NC1CCCC1. The van der Waals surface area contributed by atoms with Crippen LogP contribution in [0.4, 0.5) is 5.69 Å². The van der Waals surface area contributed by atoms with Crippen molar-refractivity contribution in [1.82, 2.24) is 4.98 Å². The first kappa shape index (κ1) is 12.9. The van der Waals surface area contributed by atoms with Crippen molar-refractivity contribution in [2.75, 3.05) is 5.32 Å². The number of halogens is 1. The average molecular weight is 267 g/mol. The number of nitrogens with one attached hydrogen (secondary N) is 1. The van der Waals surface area contributed by atoms with Crippen molar-refractivity contribution < 1.29 is 9.90 Å². The molecule has 1 aromatic heterocycles. The van der Waals surface area contributed by atoms with E-state index in [-0.39, 0.29) is 0 Å². The lowest BCUT2D eigenvalue weighted by atomic mass is 10.1. The van der Waals surface area contributed by atoms with Crippen molar-refractivity contribution in [2.24, 2.45) is 0 Å². The largest absolute Gasteiger partial charge is 0.478 e. The number of aromatic nitrogens is 1. The van der Waals surface area contributed by atoms with E-state index in [9.17, 15) is 4.79 Å². The molecule has 18 heavy (non-hydrogen) atoms. The average Bonchev–Trinajstić information content (AvgIpc) is 2.80. The van der Waals surface area contributed by atoms with Gasteiger partial charge in [-0.3, -0.25) is 0 Å². The molecule has 1 aliphatic carbocycles. The van der Waals surface area contributed by atoms with Gasteiger partial charge in [-0.15, -0.1) is 0 Å². The monoisotopic (exact) mass is 266 g/mol. The summed E-state index contributed by atoms with van der Waals surface area (Å²) in [5, 5.41) is 12.5. The Morgan fingerprint density at radius 3 is 2.89 bits per heavy atom. The maximum atomic E-state index is 10.5. The van der Waals surface area contributed by atoms with Crippen molar-refractivity contribution in [3.63, 3.8) is 0 Å². The van der Waals surface area contributed by atoms with E-state index in [1.165, 1.54) is 18.9 Å². The minimum atomic E-state index is -0.975. The normalized spacial score (nSPS) is 16.3. The van der Waals surface area contributed by atoms with Gasteiger partial charge in [0.15, 0.2) is 0 Å². The minimum absolute atomic E-state index is 0.406. The van der Waals surface area contributed by atoms with Crippen LogP contribution in [0.15, 0.2) is 18.3 Å². The Balaban J connectivity index is 2.19. The number of pyridine rings is 1. The Hall–Kier alpha value is -1.55. The van der Waals surface area contributed by atoms with Crippen LogP contribution in [0, 0.1) is 0 Å². The van der Waals surface area contributed by atoms with Crippen molar-refractivity contribution in [1.29, 1.82) is 0 Å². The highest BCUT2D eigenvalue weighted by Gasteiger charge is 2.15. The van der Waals surface area contributed by atoms with Crippen molar-refractivity contribution >= 4 is 29.3 Å². The standard InChI is InChI=1S/C13H15ClN2O2/c14-12-7-11(16-10-3-1-2-4-10)9(8-15-12)5-6-13(17)18/h5-8,10H,1-4H2,(H,15,16)(H,17,18)/b6-5+. The molecule has 0 spiro atoms. The van der Waals surface area contributed by atoms with Gasteiger partial charge in [0, 0.05) is 29.6 Å². The smallest absolute Gasteiger partial charge is 0.328 e. The first-order valence-corrected chi connectivity index (χ1v) is 6.36. The summed E-state index contributed by atoms with van der Waals surface area (Å²) in [6.07, 6.45) is 8.96. The van der Waals surface area contributed by atoms with Crippen molar-refractivity contribution in [3.05, 3.63) is 29.1 Å². The second-order valence-corrected chi connectivity index (χ2v) is 4.78. The molecule has 5 heteroatoms. The molecule has 0 unspecified atom stereocenters. The molecule has 4 nitrogen and oxygen atoms in total. The van der Waals surface area contributed by atoms with Gasteiger partial charge in [-0.05, 0) is 25.0 Å². The van der Waals surface area contributed by atoms with Crippen LogP contribution >= 0.6 is 11.6 Å². The molecule has 0 atom stereocenters. The van der Waals surface area contributed by atoms with E-state index < -0.39 is 5.97 Å². The molecular formula is C13H15ClN2O2. The molecule has 1 aliphatic rings. The van der Waals surface area contributed by atoms with Gasteiger partial charge >= 0.3 is 5.97 Å². The van der Waals surface area contributed by atoms with Crippen LogP contribution in [0.1, 0.15) is 31.2 Å². The molecule has 1 fully saturated rings. The van der Waals surface area contributed by atoms with Gasteiger partial charge in [-0.2, -0.15) is 0 Å². The van der Waals surface area contributed by atoms with Gasteiger partial charge in [0.1, 0.15) is 5.15 Å². The Labute approximate surface area is 111 Å². The molecule has 1 heterocycles. The summed E-state index contributed by atoms with van der Waals surface area (Å²) in [6.45, 7) is 0.